The summed E-state index contributed by atoms with van der Waals surface area (Å²) in [6.07, 6.45) is 3.80. The fourth-order valence-corrected chi connectivity index (χ4v) is 4.12. The summed E-state index contributed by atoms with van der Waals surface area (Å²) < 4.78 is 0. The van der Waals surface area contributed by atoms with Crippen LogP contribution in [0, 0.1) is 0 Å². The second-order valence-electron chi connectivity index (χ2n) is 8.74. The zero-order valence-corrected chi connectivity index (χ0v) is 20.0. The summed E-state index contributed by atoms with van der Waals surface area (Å²) in [5.74, 6) is 1.89. The minimum Gasteiger partial charge on any atom is -0.341 e. The molecule has 0 aliphatic heterocycles. The largest absolute Gasteiger partial charge is 0.341 e. The summed E-state index contributed by atoms with van der Waals surface area (Å²) in [7, 11) is 3.87. The van der Waals surface area contributed by atoms with Crippen molar-refractivity contribution in [2.75, 3.05) is 14.1 Å². The van der Waals surface area contributed by atoms with Crippen molar-refractivity contribution >= 4 is 10.8 Å². The first-order valence-corrected chi connectivity index (χ1v) is 11.6. The molecule has 0 unspecified atom stereocenters. The Bertz CT molecular complexity index is 1410. The predicted molar refractivity (Wildman–Crippen MR) is 139 cm³/mol. The number of imidazole rings is 2. The number of nitrogens with zero attached hydrogens (tertiary/aromatic N) is 2. The van der Waals surface area contributed by atoms with Crippen LogP contribution in [0.15, 0.2) is 73.1 Å². The lowest BCUT2D eigenvalue weighted by Crippen LogP contribution is -2.13. The number of rotatable bonds is 7. The van der Waals surface area contributed by atoms with E-state index in [2.05, 4.69) is 105 Å². The van der Waals surface area contributed by atoms with E-state index in [-0.39, 0.29) is 12.1 Å². The Morgan fingerprint density at radius 1 is 0.588 bits per heavy atom. The van der Waals surface area contributed by atoms with Gasteiger partial charge in [0.1, 0.15) is 11.6 Å². The van der Waals surface area contributed by atoms with Gasteiger partial charge in [0, 0.05) is 5.56 Å². The molecule has 6 nitrogen and oxygen atoms in total. The van der Waals surface area contributed by atoms with Gasteiger partial charge in [0.25, 0.3) is 0 Å². The van der Waals surface area contributed by atoms with Crippen molar-refractivity contribution in [1.82, 2.24) is 30.6 Å². The summed E-state index contributed by atoms with van der Waals surface area (Å²) in [5.41, 5.74) is 6.72. The summed E-state index contributed by atoms with van der Waals surface area (Å²) in [5, 5.41) is 8.85. The molecule has 0 spiro atoms. The molecule has 5 rings (SSSR count). The lowest BCUT2D eigenvalue weighted by molar-refractivity contribution is 0.618. The minimum atomic E-state index is 0.190. The third kappa shape index (κ3) is 4.25. The van der Waals surface area contributed by atoms with E-state index in [9.17, 15) is 0 Å². The van der Waals surface area contributed by atoms with Gasteiger partial charge in [-0.3, -0.25) is 0 Å². The topological polar surface area (TPSA) is 81.4 Å². The van der Waals surface area contributed by atoms with Gasteiger partial charge in [0.15, 0.2) is 0 Å². The molecule has 0 saturated heterocycles. The summed E-state index contributed by atoms with van der Waals surface area (Å²) >= 11 is 0. The normalized spacial score (nSPS) is 13.3. The predicted octanol–water partition coefficient (Wildman–Crippen LogP) is 5.85. The Morgan fingerprint density at radius 3 is 1.59 bits per heavy atom. The molecule has 172 valence electrons. The maximum Gasteiger partial charge on any atom is 0.123 e. The Morgan fingerprint density at radius 2 is 1.03 bits per heavy atom. The van der Waals surface area contributed by atoms with Crippen molar-refractivity contribution in [3.05, 3.63) is 84.7 Å². The van der Waals surface area contributed by atoms with Crippen LogP contribution in [0.4, 0.5) is 0 Å². The van der Waals surface area contributed by atoms with Gasteiger partial charge in [-0.2, -0.15) is 0 Å². The van der Waals surface area contributed by atoms with Crippen molar-refractivity contribution < 1.29 is 0 Å². The van der Waals surface area contributed by atoms with Crippen LogP contribution in [-0.4, -0.2) is 34.0 Å². The Balaban J connectivity index is 1.38. The van der Waals surface area contributed by atoms with Crippen LogP contribution < -0.4 is 10.6 Å². The van der Waals surface area contributed by atoms with E-state index in [4.69, 9.17) is 0 Å². The first-order chi connectivity index (χ1) is 16.6. The molecular weight excluding hydrogens is 420 g/mol. The zero-order chi connectivity index (χ0) is 23.7. The number of fused-ring (bicyclic) bond motifs is 1. The van der Waals surface area contributed by atoms with Gasteiger partial charge in [0.2, 0.25) is 0 Å². The molecule has 0 bridgehead atoms. The Labute approximate surface area is 199 Å². The Kier molecular flexibility index (Phi) is 6.01. The van der Waals surface area contributed by atoms with Crippen LogP contribution in [0.25, 0.3) is 44.4 Å². The lowest BCUT2D eigenvalue weighted by atomic mass is 9.98. The van der Waals surface area contributed by atoms with Gasteiger partial charge in [-0.25, -0.2) is 9.97 Å². The third-order valence-electron chi connectivity index (χ3n) is 6.56. The smallest absolute Gasteiger partial charge is 0.123 e. The van der Waals surface area contributed by atoms with E-state index in [1.54, 1.807) is 0 Å². The minimum absolute atomic E-state index is 0.190. The van der Waals surface area contributed by atoms with E-state index in [0.29, 0.717) is 0 Å². The number of hydrogen-bond acceptors (Lipinski definition) is 4. The van der Waals surface area contributed by atoms with Gasteiger partial charge in [-0.05, 0) is 67.5 Å². The molecule has 2 heterocycles. The highest BCUT2D eigenvalue weighted by atomic mass is 15.0. The number of nitrogens with one attached hydrogen (secondary N) is 4. The number of aromatic nitrogens is 4. The highest BCUT2D eigenvalue weighted by molar-refractivity contribution is 5.90. The highest BCUT2D eigenvalue weighted by Gasteiger charge is 2.11. The van der Waals surface area contributed by atoms with Crippen LogP contribution in [0.2, 0.25) is 0 Å². The van der Waals surface area contributed by atoms with Crippen molar-refractivity contribution in [3.63, 3.8) is 0 Å². The van der Waals surface area contributed by atoms with Crippen LogP contribution in [0.3, 0.4) is 0 Å². The van der Waals surface area contributed by atoms with Gasteiger partial charge in [-0.1, -0.05) is 48.5 Å². The maximum absolute atomic E-state index is 4.51. The highest BCUT2D eigenvalue weighted by Crippen LogP contribution is 2.30. The summed E-state index contributed by atoms with van der Waals surface area (Å²) in [4.78, 5) is 15.8. The maximum atomic E-state index is 4.51. The molecule has 34 heavy (non-hydrogen) atoms. The fourth-order valence-electron chi connectivity index (χ4n) is 4.12. The van der Waals surface area contributed by atoms with Gasteiger partial charge in [-0.15, -0.1) is 0 Å². The standard InChI is InChI=1S/C28H30N6/c1-17(29-3)27-31-15-25(33-27)20-7-5-19(6-8-20)21-9-10-23-14-24(12-11-22(23)13-21)26-16-32-28(34-26)18(2)30-4/h5-18,29-30H,1-4H3,(H,31,33)(H,32,34)/t17-,18-/m0/s1. The van der Waals surface area contributed by atoms with E-state index < -0.39 is 0 Å². The number of H-pyrrole nitrogens is 2. The molecule has 0 fully saturated rings. The lowest BCUT2D eigenvalue weighted by Gasteiger charge is -2.08. The zero-order valence-electron chi connectivity index (χ0n) is 20.0. The average Bonchev–Trinajstić information content (AvgIpc) is 3.58. The van der Waals surface area contributed by atoms with Crippen molar-refractivity contribution in [2.45, 2.75) is 25.9 Å². The van der Waals surface area contributed by atoms with Crippen LogP contribution in [-0.2, 0) is 0 Å². The van der Waals surface area contributed by atoms with E-state index in [1.807, 2.05) is 26.5 Å². The second kappa shape index (κ2) is 9.25. The second-order valence-corrected chi connectivity index (χ2v) is 8.74. The van der Waals surface area contributed by atoms with Gasteiger partial charge >= 0.3 is 0 Å². The molecule has 3 aromatic carbocycles. The number of hydrogen-bond donors (Lipinski definition) is 4. The summed E-state index contributed by atoms with van der Waals surface area (Å²) in [6, 6.07) is 22.2. The molecule has 5 aromatic rings. The van der Waals surface area contributed by atoms with Gasteiger partial charge < -0.3 is 20.6 Å². The first-order valence-electron chi connectivity index (χ1n) is 11.6. The molecule has 4 N–H and O–H groups in total. The van der Waals surface area contributed by atoms with E-state index in [1.165, 1.54) is 21.9 Å². The Hall–Kier alpha value is -3.74. The van der Waals surface area contributed by atoms with Crippen molar-refractivity contribution in [2.24, 2.45) is 0 Å². The molecular formula is C28H30N6. The molecule has 0 aliphatic carbocycles. The molecule has 0 amide bonds. The monoisotopic (exact) mass is 450 g/mol. The van der Waals surface area contributed by atoms with E-state index >= 15 is 0 Å². The van der Waals surface area contributed by atoms with Crippen LogP contribution in [0.5, 0.6) is 0 Å². The average molecular weight is 451 g/mol. The molecule has 0 aliphatic rings. The molecule has 2 aromatic heterocycles. The molecule has 0 saturated carbocycles. The summed E-state index contributed by atoms with van der Waals surface area (Å²) in [6.45, 7) is 4.18. The van der Waals surface area contributed by atoms with E-state index in [0.717, 1.165) is 34.2 Å². The van der Waals surface area contributed by atoms with Gasteiger partial charge in [0.05, 0.1) is 35.9 Å². The quantitative estimate of drug-likeness (QED) is 0.251. The van der Waals surface area contributed by atoms with Crippen molar-refractivity contribution in [3.8, 4) is 33.6 Å². The first kappa shape index (κ1) is 22.1. The van der Waals surface area contributed by atoms with Crippen LogP contribution >= 0.6 is 0 Å². The number of benzene rings is 3. The SMILES string of the molecule is CN[C@@H](C)c1ncc(-c2ccc(-c3ccc4cc(-c5cnc([C@H](C)NC)[nH]5)ccc4c3)cc2)[nH]1. The third-order valence-corrected chi connectivity index (χ3v) is 6.56. The number of aromatic amines is 2. The molecule has 2 atom stereocenters. The van der Waals surface area contributed by atoms with Crippen LogP contribution in [0.1, 0.15) is 37.6 Å². The molecule has 0 radical (unpaired) electrons. The fraction of sp³-hybridized carbons (Fsp3) is 0.214. The van der Waals surface area contributed by atoms with Crippen molar-refractivity contribution in [1.29, 1.82) is 0 Å². The molecule has 6 heteroatoms.